The number of hydrogen-bond donors (Lipinski definition) is 0. The topological polar surface area (TPSA) is 74.1 Å². The van der Waals surface area contributed by atoms with Crippen molar-refractivity contribution in [1.29, 1.82) is 0 Å². The summed E-state index contributed by atoms with van der Waals surface area (Å²) in [5.41, 5.74) is 1.51. The lowest BCUT2D eigenvalue weighted by Gasteiger charge is -2.11. The molecule has 3 rings (SSSR count). The molecule has 6 nitrogen and oxygen atoms in total. The highest BCUT2D eigenvalue weighted by molar-refractivity contribution is 9.10. The monoisotopic (exact) mass is 427 g/mol. The van der Waals surface area contributed by atoms with Gasteiger partial charge in [0.1, 0.15) is 5.56 Å². The van der Waals surface area contributed by atoms with Crippen molar-refractivity contribution in [2.45, 2.75) is 19.8 Å². The molecule has 0 unspecified atom stereocenters. The summed E-state index contributed by atoms with van der Waals surface area (Å²) in [5, 5.41) is 4.29. The summed E-state index contributed by atoms with van der Waals surface area (Å²) < 4.78 is 7.74. The number of Topliss-reactive ketones (excluding diaryl/α,β-unsaturated/α-hetero) is 1. The number of benzene rings is 1. The third-order valence-corrected chi connectivity index (χ3v) is 4.47. The molecule has 0 spiro atoms. The number of halogens is 1. The fraction of sp³-hybridized carbons (Fsp3) is 0.200. The van der Waals surface area contributed by atoms with Gasteiger partial charge in [0.05, 0.1) is 11.9 Å². The normalized spacial score (nSPS) is 10.8. The maximum Gasteiger partial charge on any atom is 0.342 e. The van der Waals surface area contributed by atoms with Crippen LogP contribution < -0.4 is 0 Å². The Balaban J connectivity index is 1.78. The second kappa shape index (κ2) is 8.26. The van der Waals surface area contributed by atoms with Crippen molar-refractivity contribution >= 4 is 27.7 Å². The summed E-state index contributed by atoms with van der Waals surface area (Å²) in [6.45, 7) is 3.59. The first kappa shape index (κ1) is 19.0. The molecule has 0 N–H and O–H groups in total. The lowest BCUT2D eigenvalue weighted by molar-refractivity contribution is 0.0473. The fourth-order valence-corrected chi connectivity index (χ4v) is 2.92. The smallest absolute Gasteiger partial charge is 0.342 e. The Morgan fingerprint density at radius 1 is 1.15 bits per heavy atom. The van der Waals surface area contributed by atoms with Crippen LogP contribution in [0.5, 0.6) is 0 Å². The number of hydrogen-bond acceptors (Lipinski definition) is 5. The molecular formula is C20H18BrN3O3. The number of carbonyl (C=O) groups excluding carboxylic acids is 2. The van der Waals surface area contributed by atoms with Crippen molar-refractivity contribution in [3.8, 4) is 5.82 Å². The first-order chi connectivity index (χ1) is 13.0. The van der Waals surface area contributed by atoms with Crippen LogP contribution in [0.3, 0.4) is 0 Å². The van der Waals surface area contributed by atoms with E-state index < -0.39 is 5.97 Å². The molecule has 0 aliphatic heterocycles. The highest BCUT2D eigenvalue weighted by Crippen LogP contribution is 2.23. The molecule has 27 heavy (non-hydrogen) atoms. The molecule has 2 heterocycles. The van der Waals surface area contributed by atoms with Gasteiger partial charge in [0.15, 0.2) is 18.2 Å². The highest BCUT2D eigenvalue weighted by atomic mass is 79.9. The first-order valence-electron chi connectivity index (χ1n) is 8.42. The van der Waals surface area contributed by atoms with Crippen LogP contribution in [-0.4, -0.2) is 33.1 Å². The van der Waals surface area contributed by atoms with E-state index in [0.29, 0.717) is 22.6 Å². The van der Waals surface area contributed by atoms with Crippen LogP contribution >= 0.6 is 15.9 Å². The molecule has 7 heteroatoms. The second-order valence-corrected chi connectivity index (χ2v) is 7.12. The SMILES string of the molecule is CC(C)c1c(C(=O)OCC(=O)c2ccc(Br)cc2)cnn1-c1ccccn1. The number of rotatable bonds is 6. The van der Waals surface area contributed by atoms with Crippen LogP contribution in [0.15, 0.2) is 59.3 Å². The third kappa shape index (κ3) is 4.31. The zero-order valence-corrected chi connectivity index (χ0v) is 16.5. The van der Waals surface area contributed by atoms with Crippen LogP contribution in [0.1, 0.15) is 46.2 Å². The van der Waals surface area contributed by atoms with Crippen LogP contribution in [0.2, 0.25) is 0 Å². The van der Waals surface area contributed by atoms with Gasteiger partial charge in [-0.1, -0.05) is 48.0 Å². The molecule has 138 valence electrons. The summed E-state index contributed by atoms with van der Waals surface area (Å²) in [6.07, 6.45) is 3.12. The zero-order chi connectivity index (χ0) is 19.4. The molecule has 3 aromatic rings. The summed E-state index contributed by atoms with van der Waals surface area (Å²) in [4.78, 5) is 29.0. The molecule has 0 atom stereocenters. The summed E-state index contributed by atoms with van der Waals surface area (Å²) in [6, 6.07) is 12.4. The largest absolute Gasteiger partial charge is 0.454 e. The van der Waals surface area contributed by atoms with Gasteiger partial charge in [-0.3, -0.25) is 4.79 Å². The van der Waals surface area contributed by atoms with Gasteiger partial charge in [-0.25, -0.2) is 14.5 Å². The number of esters is 1. The molecule has 0 aliphatic carbocycles. The van der Waals surface area contributed by atoms with Gasteiger partial charge in [0, 0.05) is 16.2 Å². The molecule has 0 saturated heterocycles. The van der Waals surface area contributed by atoms with E-state index in [1.807, 2.05) is 32.0 Å². The van der Waals surface area contributed by atoms with E-state index in [2.05, 4.69) is 26.0 Å². The van der Waals surface area contributed by atoms with Gasteiger partial charge in [-0.2, -0.15) is 5.10 Å². The Labute approximate surface area is 165 Å². The van der Waals surface area contributed by atoms with Gasteiger partial charge < -0.3 is 4.74 Å². The minimum atomic E-state index is -0.577. The lowest BCUT2D eigenvalue weighted by atomic mass is 10.1. The number of ketones is 1. The molecule has 0 radical (unpaired) electrons. The van der Waals surface area contributed by atoms with E-state index in [4.69, 9.17) is 4.74 Å². The Morgan fingerprint density at radius 2 is 1.89 bits per heavy atom. The molecule has 1 aromatic carbocycles. The molecule has 0 bridgehead atoms. The van der Waals surface area contributed by atoms with Crippen LogP contribution in [0, 0.1) is 0 Å². The lowest BCUT2D eigenvalue weighted by Crippen LogP contribution is -2.16. The predicted octanol–water partition coefficient (Wildman–Crippen LogP) is 4.19. The van der Waals surface area contributed by atoms with Crippen LogP contribution in [-0.2, 0) is 4.74 Å². The maximum absolute atomic E-state index is 12.5. The van der Waals surface area contributed by atoms with E-state index in [1.165, 1.54) is 6.20 Å². The molecule has 0 amide bonds. The maximum atomic E-state index is 12.5. The van der Waals surface area contributed by atoms with Gasteiger partial charge in [0.2, 0.25) is 0 Å². The van der Waals surface area contributed by atoms with Crippen molar-refractivity contribution in [1.82, 2.24) is 14.8 Å². The quantitative estimate of drug-likeness (QED) is 0.435. The average Bonchev–Trinajstić information content (AvgIpc) is 3.12. The number of carbonyl (C=O) groups is 2. The Hall–Kier alpha value is -2.80. The molecule has 2 aromatic heterocycles. The average molecular weight is 428 g/mol. The second-order valence-electron chi connectivity index (χ2n) is 6.20. The fourth-order valence-electron chi connectivity index (χ4n) is 2.66. The Morgan fingerprint density at radius 3 is 2.52 bits per heavy atom. The van der Waals surface area contributed by atoms with Crippen LogP contribution in [0.25, 0.3) is 5.82 Å². The van der Waals surface area contributed by atoms with Crippen molar-refractivity contribution in [2.75, 3.05) is 6.61 Å². The van der Waals surface area contributed by atoms with Crippen LogP contribution in [0.4, 0.5) is 0 Å². The number of nitrogens with zero attached hydrogens (tertiary/aromatic N) is 3. The van der Waals surface area contributed by atoms with E-state index in [9.17, 15) is 9.59 Å². The standard InChI is InChI=1S/C20H18BrN3O3/c1-13(2)19-16(11-23-24(19)18-5-3-4-10-22-18)20(26)27-12-17(25)14-6-8-15(21)9-7-14/h3-11,13H,12H2,1-2H3. The van der Waals surface area contributed by atoms with Crippen molar-refractivity contribution < 1.29 is 14.3 Å². The number of aromatic nitrogens is 3. The summed E-state index contributed by atoms with van der Waals surface area (Å²) in [5.74, 6) is -0.212. The first-order valence-corrected chi connectivity index (χ1v) is 9.22. The van der Waals surface area contributed by atoms with E-state index in [-0.39, 0.29) is 18.3 Å². The number of ether oxygens (including phenoxy) is 1. The van der Waals surface area contributed by atoms with Gasteiger partial charge >= 0.3 is 5.97 Å². The molecule has 0 aliphatic rings. The van der Waals surface area contributed by atoms with Crippen molar-refractivity contribution in [3.05, 3.63) is 76.2 Å². The minimum absolute atomic E-state index is 0.0132. The summed E-state index contributed by atoms with van der Waals surface area (Å²) >= 11 is 3.32. The predicted molar refractivity (Wildman–Crippen MR) is 104 cm³/mol. The highest BCUT2D eigenvalue weighted by Gasteiger charge is 2.23. The minimum Gasteiger partial charge on any atom is -0.454 e. The Bertz CT molecular complexity index is 950. The molecule has 0 fully saturated rings. The van der Waals surface area contributed by atoms with Gasteiger partial charge in [0.25, 0.3) is 0 Å². The zero-order valence-electron chi connectivity index (χ0n) is 14.9. The molecule has 0 saturated carbocycles. The third-order valence-electron chi connectivity index (χ3n) is 3.94. The van der Waals surface area contributed by atoms with Gasteiger partial charge in [-0.15, -0.1) is 0 Å². The number of pyridine rings is 1. The van der Waals surface area contributed by atoms with E-state index in [1.54, 1.807) is 35.1 Å². The molecular weight excluding hydrogens is 410 g/mol. The van der Waals surface area contributed by atoms with Gasteiger partial charge in [-0.05, 0) is 30.2 Å². The Kier molecular flexibility index (Phi) is 5.81. The van der Waals surface area contributed by atoms with Crippen molar-refractivity contribution in [3.63, 3.8) is 0 Å². The summed E-state index contributed by atoms with van der Waals surface area (Å²) in [7, 11) is 0. The van der Waals surface area contributed by atoms with E-state index in [0.717, 1.165) is 4.47 Å². The van der Waals surface area contributed by atoms with Crippen molar-refractivity contribution in [2.24, 2.45) is 0 Å². The van der Waals surface area contributed by atoms with E-state index >= 15 is 0 Å².